The molecule has 2 aromatic rings. The Morgan fingerprint density at radius 2 is 1.87 bits per heavy atom. The van der Waals surface area contributed by atoms with E-state index in [4.69, 9.17) is 9.90 Å². The van der Waals surface area contributed by atoms with Crippen LogP contribution in [0.2, 0.25) is 0 Å². The van der Waals surface area contributed by atoms with Crippen molar-refractivity contribution in [2.45, 2.75) is 31.4 Å². The highest BCUT2D eigenvalue weighted by atomic mass is 19.4. The van der Waals surface area contributed by atoms with Crippen LogP contribution in [0, 0.1) is 0 Å². The van der Waals surface area contributed by atoms with E-state index in [1.807, 2.05) is 0 Å². The molecule has 2 aliphatic heterocycles. The number of benzene rings is 2. The summed E-state index contributed by atoms with van der Waals surface area (Å²) in [5, 5.41) is 9.67. The summed E-state index contributed by atoms with van der Waals surface area (Å²) >= 11 is 0. The zero-order valence-corrected chi connectivity index (χ0v) is 15.8. The van der Waals surface area contributed by atoms with Gasteiger partial charge in [0.05, 0.1) is 5.56 Å². The molecule has 6 nitrogen and oxygen atoms in total. The molecule has 9 heteroatoms. The topological polar surface area (TPSA) is 86.7 Å². The van der Waals surface area contributed by atoms with Gasteiger partial charge in [-0.15, -0.1) is 0 Å². The van der Waals surface area contributed by atoms with E-state index in [9.17, 15) is 22.8 Å². The van der Waals surface area contributed by atoms with Gasteiger partial charge in [-0.25, -0.2) is 0 Å². The van der Waals surface area contributed by atoms with E-state index < -0.39 is 17.7 Å². The number of nitrogens with one attached hydrogen (secondary N) is 1. The van der Waals surface area contributed by atoms with Gasteiger partial charge in [0.25, 0.3) is 6.47 Å². The van der Waals surface area contributed by atoms with Crippen LogP contribution in [-0.4, -0.2) is 29.9 Å². The first-order valence-electron chi connectivity index (χ1n) is 9.23. The first-order chi connectivity index (χ1) is 14.2. The lowest BCUT2D eigenvalue weighted by Gasteiger charge is -2.28. The van der Waals surface area contributed by atoms with Crippen molar-refractivity contribution in [1.29, 1.82) is 0 Å². The number of alkyl halides is 3. The normalized spacial score (nSPS) is 18.2. The van der Waals surface area contributed by atoms with Crippen molar-refractivity contribution in [3.05, 3.63) is 59.2 Å². The SMILES string of the molecule is O=C1CC(c2cccc(C(F)(F)F)c2)c2ccc(N3CCCC3=O)cc2N1.O=CO. The minimum atomic E-state index is -4.43. The summed E-state index contributed by atoms with van der Waals surface area (Å²) < 4.78 is 39.2. The third-order valence-corrected chi connectivity index (χ3v) is 5.08. The summed E-state index contributed by atoms with van der Waals surface area (Å²) in [5.41, 5.74) is 1.72. The van der Waals surface area contributed by atoms with Crippen LogP contribution < -0.4 is 10.2 Å². The molecule has 0 aliphatic carbocycles. The molecule has 2 N–H and O–H groups in total. The van der Waals surface area contributed by atoms with Crippen molar-refractivity contribution in [3.8, 4) is 0 Å². The van der Waals surface area contributed by atoms with E-state index in [0.717, 1.165) is 24.1 Å². The van der Waals surface area contributed by atoms with Gasteiger partial charge in [-0.2, -0.15) is 13.2 Å². The van der Waals surface area contributed by atoms with Gasteiger partial charge in [0.15, 0.2) is 0 Å². The first-order valence-corrected chi connectivity index (χ1v) is 9.23. The molecule has 30 heavy (non-hydrogen) atoms. The maximum Gasteiger partial charge on any atom is 0.416 e. The van der Waals surface area contributed by atoms with Gasteiger partial charge in [0.2, 0.25) is 11.8 Å². The smallest absolute Gasteiger partial charge is 0.416 e. The predicted octanol–water partition coefficient (Wildman–Crippen LogP) is 4.01. The van der Waals surface area contributed by atoms with Crippen molar-refractivity contribution < 1.29 is 32.7 Å². The molecule has 2 heterocycles. The maximum atomic E-state index is 13.1. The number of fused-ring (bicyclic) bond motifs is 1. The molecule has 1 fully saturated rings. The number of anilines is 2. The van der Waals surface area contributed by atoms with Crippen LogP contribution in [0.3, 0.4) is 0 Å². The van der Waals surface area contributed by atoms with E-state index >= 15 is 0 Å². The molecule has 1 unspecified atom stereocenters. The molecule has 0 bridgehead atoms. The van der Waals surface area contributed by atoms with Crippen LogP contribution in [-0.2, 0) is 20.6 Å². The van der Waals surface area contributed by atoms with Crippen molar-refractivity contribution in [2.24, 2.45) is 0 Å². The standard InChI is InChI=1S/C20H17F3N2O2.CH2O2/c21-20(22,23)13-4-1-3-12(9-13)16-11-18(26)24-17-10-14(6-7-15(16)17)25-8-2-5-19(25)27;2-1-3/h1,3-4,6-7,9-10,16H,2,5,8,11H2,(H,24,26);1H,(H,2,3). The maximum absolute atomic E-state index is 13.1. The van der Waals surface area contributed by atoms with Crippen molar-refractivity contribution in [1.82, 2.24) is 0 Å². The average Bonchev–Trinajstić information content (AvgIpc) is 3.13. The number of carboxylic acid groups (broad SMARTS) is 1. The number of hydrogen-bond donors (Lipinski definition) is 2. The van der Waals surface area contributed by atoms with Crippen molar-refractivity contribution >= 4 is 29.7 Å². The van der Waals surface area contributed by atoms with Crippen molar-refractivity contribution in [3.63, 3.8) is 0 Å². The predicted molar refractivity (Wildman–Crippen MR) is 103 cm³/mol. The number of hydrogen-bond acceptors (Lipinski definition) is 3. The lowest BCUT2D eigenvalue weighted by molar-refractivity contribution is -0.137. The molecule has 158 valence electrons. The first kappa shape index (κ1) is 21.4. The molecule has 0 aromatic heterocycles. The number of rotatable bonds is 2. The number of carbonyl (C=O) groups is 3. The zero-order chi connectivity index (χ0) is 21.9. The molecule has 0 saturated carbocycles. The molecular formula is C21H19F3N2O4. The van der Waals surface area contributed by atoms with E-state index in [2.05, 4.69) is 5.32 Å². The van der Waals surface area contributed by atoms with Gasteiger partial charge in [0, 0.05) is 36.7 Å². The molecule has 0 radical (unpaired) electrons. The van der Waals surface area contributed by atoms with E-state index in [1.54, 1.807) is 29.2 Å². The Balaban J connectivity index is 0.000000806. The fourth-order valence-electron chi connectivity index (χ4n) is 3.77. The van der Waals surface area contributed by atoms with Gasteiger partial charge in [-0.05, 0) is 35.7 Å². The summed E-state index contributed by atoms with van der Waals surface area (Å²) in [4.78, 5) is 34.2. The Kier molecular flexibility index (Phi) is 6.09. The Morgan fingerprint density at radius 1 is 1.13 bits per heavy atom. The lowest BCUT2D eigenvalue weighted by atomic mass is 9.84. The van der Waals surface area contributed by atoms with Crippen molar-refractivity contribution in [2.75, 3.05) is 16.8 Å². The summed E-state index contributed by atoms with van der Waals surface area (Å²) in [6.45, 7) is 0.378. The van der Waals surface area contributed by atoms with Crippen LogP contribution in [0.25, 0.3) is 0 Å². The molecular weight excluding hydrogens is 401 g/mol. The fourth-order valence-corrected chi connectivity index (χ4v) is 3.77. The fraction of sp³-hybridized carbons (Fsp3) is 0.286. The number of amides is 2. The second kappa shape index (κ2) is 8.56. The van der Waals surface area contributed by atoms with Crippen LogP contribution in [0.4, 0.5) is 24.5 Å². The Morgan fingerprint density at radius 3 is 2.50 bits per heavy atom. The van der Waals surface area contributed by atoms with E-state index in [0.29, 0.717) is 29.9 Å². The highest BCUT2D eigenvalue weighted by Gasteiger charge is 2.33. The van der Waals surface area contributed by atoms with Crippen LogP contribution in [0.5, 0.6) is 0 Å². The molecule has 4 rings (SSSR count). The molecule has 2 amide bonds. The van der Waals surface area contributed by atoms with Crippen LogP contribution >= 0.6 is 0 Å². The largest absolute Gasteiger partial charge is 0.483 e. The summed E-state index contributed by atoms with van der Waals surface area (Å²) in [6.07, 6.45) is -3.07. The van der Waals surface area contributed by atoms with Gasteiger partial charge in [-0.1, -0.05) is 24.3 Å². The highest BCUT2D eigenvalue weighted by molar-refractivity contribution is 5.99. The average molecular weight is 420 g/mol. The molecule has 0 spiro atoms. The second-order valence-electron chi connectivity index (χ2n) is 6.95. The minimum Gasteiger partial charge on any atom is -0.483 e. The van der Waals surface area contributed by atoms with Crippen LogP contribution in [0.15, 0.2) is 42.5 Å². The lowest BCUT2D eigenvalue weighted by Crippen LogP contribution is -2.26. The number of nitrogens with zero attached hydrogens (tertiary/aromatic N) is 1. The third kappa shape index (κ3) is 4.45. The van der Waals surface area contributed by atoms with Gasteiger partial charge < -0.3 is 15.3 Å². The summed E-state index contributed by atoms with van der Waals surface area (Å²) in [6, 6.07) is 10.4. The monoisotopic (exact) mass is 420 g/mol. The second-order valence-corrected chi connectivity index (χ2v) is 6.95. The van der Waals surface area contributed by atoms with E-state index in [1.165, 1.54) is 6.07 Å². The number of halogens is 3. The van der Waals surface area contributed by atoms with Crippen LogP contribution in [0.1, 0.15) is 41.9 Å². The molecule has 2 aliphatic rings. The highest BCUT2D eigenvalue weighted by Crippen LogP contribution is 2.41. The summed E-state index contributed by atoms with van der Waals surface area (Å²) in [5.74, 6) is -0.680. The third-order valence-electron chi connectivity index (χ3n) is 5.08. The zero-order valence-electron chi connectivity index (χ0n) is 15.8. The Bertz CT molecular complexity index is 975. The molecule has 1 atom stereocenters. The Labute approximate surface area is 170 Å². The molecule has 2 aromatic carbocycles. The summed E-state index contributed by atoms with van der Waals surface area (Å²) in [7, 11) is 0. The Hall–Kier alpha value is -3.36. The minimum absolute atomic E-state index is 0.0338. The quantitative estimate of drug-likeness (QED) is 0.719. The van der Waals surface area contributed by atoms with Gasteiger partial charge in [-0.3, -0.25) is 14.4 Å². The van der Waals surface area contributed by atoms with Gasteiger partial charge >= 0.3 is 6.18 Å². The van der Waals surface area contributed by atoms with E-state index in [-0.39, 0.29) is 24.7 Å². The van der Waals surface area contributed by atoms with Gasteiger partial charge in [0.1, 0.15) is 0 Å². The molecule has 1 saturated heterocycles. The number of carbonyl (C=O) groups excluding carboxylic acids is 2.